The van der Waals surface area contributed by atoms with Crippen LogP contribution in [0, 0.1) is 12.7 Å². The molecule has 0 aliphatic heterocycles. The second-order valence-electron chi connectivity index (χ2n) is 6.34. The molecule has 1 aromatic heterocycles. The van der Waals surface area contributed by atoms with Gasteiger partial charge in [0.05, 0.1) is 25.0 Å². The van der Waals surface area contributed by atoms with Crippen LogP contribution >= 0.6 is 0 Å². The third-order valence-corrected chi connectivity index (χ3v) is 3.71. The van der Waals surface area contributed by atoms with Crippen LogP contribution in [0.15, 0.2) is 30.6 Å². The minimum Gasteiger partial charge on any atom is -0.389 e. The van der Waals surface area contributed by atoms with Gasteiger partial charge in [-0.15, -0.1) is 0 Å². The SMILES string of the molecule is Cc1cnn(-c2ccc(C(C)NCC(O)COC(C)C)cc2F)c1. The molecule has 5 nitrogen and oxygen atoms in total. The Morgan fingerprint density at radius 3 is 2.67 bits per heavy atom. The van der Waals surface area contributed by atoms with Gasteiger partial charge in [-0.3, -0.25) is 0 Å². The lowest BCUT2D eigenvalue weighted by Crippen LogP contribution is -2.32. The van der Waals surface area contributed by atoms with Gasteiger partial charge in [0.2, 0.25) is 0 Å². The normalized spacial score (nSPS) is 14.1. The molecule has 2 N–H and O–H groups in total. The number of hydrogen-bond acceptors (Lipinski definition) is 4. The molecule has 0 fully saturated rings. The van der Waals surface area contributed by atoms with Crippen molar-refractivity contribution in [3.05, 3.63) is 47.5 Å². The Kier molecular flexibility index (Phi) is 6.48. The number of halogens is 1. The van der Waals surface area contributed by atoms with Gasteiger partial charge in [-0.2, -0.15) is 5.10 Å². The molecule has 24 heavy (non-hydrogen) atoms. The summed E-state index contributed by atoms with van der Waals surface area (Å²) in [4.78, 5) is 0. The summed E-state index contributed by atoms with van der Waals surface area (Å²) >= 11 is 0. The van der Waals surface area contributed by atoms with Gasteiger partial charge in [0, 0.05) is 18.8 Å². The Morgan fingerprint density at radius 1 is 1.33 bits per heavy atom. The van der Waals surface area contributed by atoms with E-state index in [-0.39, 0.29) is 24.6 Å². The molecule has 2 aromatic rings. The van der Waals surface area contributed by atoms with Crippen LogP contribution in [-0.2, 0) is 4.74 Å². The van der Waals surface area contributed by atoms with Gasteiger partial charge < -0.3 is 15.2 Å². The van der Waals surface area contributed by atoms with Crippen LogP contribution in [-0.4, -0.2) is 40.2 Å². The van der Waals surface area contributed by atoms with Crippen LogP contribution in [0.3, 0.4) is 0 Å². The number of aromatic nitrogens is 2. The highest BCUT2D eigenvalue weighted by molar-refractivity contribution is 5.37. The summed E-state index contributed by atoms with van der Waals surface area (Å²) in [7, 11) is 0. The summed E-state index contributed by atoms with van der Waals surface area (Å²) in [5, 5.41) is 17.2. The number of nitrogens with one attached hydrogen (secondary N) is 1. The van der Waals surface area contributed by atoms with Crippen molar-refractivity contribution in [1.29, 1.82) is 0 Å². The molecule has 0 saturated heterocycles. The molecule has 6 heteroatoms. The molecule has 2 rings (SSSR count). The molecule has 0 saturated carbocycles. The summed E-state index contributed by atoms with van der Waals surface area (Å²) in [5.41, 5.74) is 2.22. The summed E-state index contributed by atoms with van der Waals surface area (Å²) < 4.78 is 21.3. The van der Waals surface area contributed by atoms with E-state index in [0.717, 1.165) is 11.1 Å². The molecule has 2 unspecified atom stereocenters. The molecule has 0 radical (unpaired) electrons. The number of aliphatic hydroxyl groups excluding tert-OH is 1. The van der Waals surface area contributed by atoms with E-state index in [1.165, 1.54) is 10.7 Å². The van der Waals surface area contributed by atoms with E-state index in [2.05, 4.69) is 10.4 Å². The maximum absolute atomic E-state index is 14.4. The first-order valence-electron chi connectivity index (χ1n) is 8.21. The monoisotopic (exact) mass is 335 g/mol. The van der Waals surface area contributed by atoms with Crippen LogP contribution in [0.1, 0.15) is 37.9 Å². The van der Waals surface area contributed by atoms with Crippen molar-refractivity contribution in [3.63, 3.8) is 0 Å². The number of rotatable bonds is 8. The van der Waals surface area contributed by atoms with Gasteiger partial charge >= 0.3 is 0 Å². The molecule has 132 valence electrons. The van der Waals surface area contributed by atoms with Crippen molar-refractivity contribution in [2.45, 2.75) is 45.9 Å². The first-order valence-corrected chi connectivity index (χ1v) is 8.21. The Labute approximate surface area is 142 Å². The van der Waals surface area contributed by atoms with Crippen molar-refractivity contribution < 1.29 is 14.2 Å². The lowest BCUT2D eigenvalue weighted by molar-refractivity contribution is 0.00560. The summed E-state index contributed by atoms with van der Waals surface area (Å²) in [6.07, 6.45) is 2.97. The zero-order valence-corrected chi connectivity index (χ0v) is 14.7. The first kappa shape index (κ1) is 18.6. The van der Waals surface area contributed by atoms with E-state index >= 15 is 0 Å². The van der Waals surface area contributed by atoms with E-state index in [1.807, 2.05) is 33.8 Å². The van der Waals surface area contributed by atoms with E-state index in [0.29, 0.717) is 12.2 Å². The number of hydrogen-bond donors (Lipinski definition) is 2. The smallest absolute Gasteiger partial charge is 0.149 e. The lowest BCUT2D eigenvalue weighted by atomic mass is 10.1. The zero-order valence-electron chi connectivity index (χ0n) is 14.7. The highest BCUT2D eigenvalue weighted by atomic mass is 19.1. The molecule has 0 amide bonds. The highest BCUT2D eigenvalue weighted by Crippen LogP contribution is 2.19. The van der Waals surface area contributed by atoms with E-state index < -0.39 is 6.10 Å². The standard InChI is InChI=1S/C18H26FN3O2/c1-12(2)24-11-16(23)9-20-14(4)15-5-6-18(17(19)7-15)22-10-13(3)8-21-22/h5-8,10,12,14,16,20,23H,9,11H2,1-4H3. The average molecular weight is 335 g/mol. The van der Waals surface area contributed by atoms with Crippen LogP contribution in [0.5, 0.6) is 0 Å². The fraction of sp³-hybridized carbons (Fsp3) is 0.500. The Hall–Kier alpha value is -1.76. The van der Waals surface area contributed by atoms with Gasteiger partial charge in [0.25, 0.3) is 0 Å². The van der Waals surface area contributed by atoms with Crippen molar-refractivity contribution in [3.8, 4) is 5.69 Å². The fourth-order valence-electron chi connectivity index (χ4n) is 2.32. The molecule has 1 aromatic carbocycles. The van der Waals surface area contributed by atoms with Crippen molar-refractivity contribution in [1.82, 2.24) is 15.1 Å². The molecular formula is C18H26FN3O2. The fourth-order valence-corrected chi connectivity index (χ4v) is 2.32. The summed E-state index contributed by atoms with van der Waals surface area (Å²) in [5.74, 6) is -0.326. The first-order chi connectivity index (χ1) is 11.4. The second-order valence-corrected chi connectivity index (χ2v) is 6.34. The summed E-state index contributed by atoms with van der Waals surface area (Å²) in [6.45, 7) is 8.36. The quantitative estimate of drug-likeness (QED) is 0.779. The van der Waals surface area contributed by atoms with Gasteiger partial charge in [-0.1, -0.05) is 6.07 Å². The minimum absolute atomic E-state index is 0.0818. The van der Waals surface area contributed by atoms with Crippen LogP contribution in [0.25, 0.3) is 5.69 Å². The third-order valence-electron chi connectivity index (χ3n) is 3.71. The Balaban J connectivity index is 1.95. The van der Waals surface area contributed by atoms with Crippen LogP contribution < -0.4 is 5.32 Å². The maximum Gasteiger partial charge on any atom is 0.149 e. The summed E-state index contributed by atoms with van der Waals surface area (Å²) in [6, 6.07) is 5.00. The number of aliphatic hydroxyl groups is 1. The number of benzene rings is 1. The lowest BCUT2D eigenvalue weighted by Gasteiger charge is -2.19. The van der Waals surface area contributed by atoms with Crippen molar-refractivity contribution in [2.75, 3.05) is 13.2 Å². The van der Waals surface area contributed by atoms with E-state index in [1.54, 1.807) is 18.5 Å². The average Bonchev–Trinajstić information content (AvgIpc) is 2.96. The molecule has 1 heterocycles. The van der Waals surface area contributed by atoms with Gasteiger partial charge in [-0.05, 0) is 51.0 Å². The Morgan fingerprint density at radius 2 is 2.08 bits per heavy atom. The maximum atomic E-state index is 14.4. The molecule has 2 atom stereocenters. The van der Waals surface area contributed by atoms with E-state index in [9.17, 15) is 9.50 Å². The zero-order chi connectivity index (χ0) is 17.7. The predicted octanol–water partition coefficient (Wildman–Crippen LogP) is 2.76. The molecule has 0 spiro atoms. The second kappa shape index (κ2) is 8.37. The number of aryl methyl sites for hydroxylation is 1. The Bertz CT molecular complexity index is 657. The van der Waals surface area contributed by atoms with E-state index in [4.69, 9.17) is 4.74 Å². The molecular weight excluding hydrogens is 309 g/mol. The van der Waals surface area contributed by atoms with Crippen LogP contribution in [0.2, 0.25) is 0 Å². The largest absolute Gasteiger partial charge is 0.389 e. The third kappa shape index (κ3) is 5.12. The van der Waals surface area contributed by atoms with Crippen LogP contribution in [0.4, 0.5) is 4.39 Å². The van der Waals surface area contributed by atoms with Gasteiger partial charge in [0.15, 0.2) is 0 Å². The topological polar surface area (TPSA) is 59.3 Å². The number of ether oxygens (including phenoxy) is 1. The number of nitrogens with zero attached hydrogens (tertiary/aromatic N) is 2. The molecule has 0 bridgehead atoms. The predicted molar refractivity (Wildman–Crippen MR) is 91.8 cm³/mol. The van der Waals surface area contributed by atoms with Gasteiger partial charge in [0.1, 0.15) is 11.5 Å². The highest BCUT2D eigenvalue weighted by Gasteiger charge is 2.13. The van der Waals surface area contributed by atoms with Crippen molar-refractivity contribution >= 4 is 0 Å². The minimum atomic E-state index is -0.592. The molecule has 0 aliphatic rings. The molecule has 0 aliphatic carbocycles. The van der Waals surface area contributed by atoms with Gasteiger partial charge in [-0.25, -0.2) is 9.07 Å². The van der Waals surface area contributed by atoms with Crippen molar-refractivity contribution in [2.24, 2.45) is 0 Å².